The molecule has 0 spiro atoms. The number of hydrogen-bond acceptors (Lipinski definition) is 3. The Morgan fingerprint density at radius 3 is 2.47 bits per heavy atom. The van der Waals surface area contributed by atoms with Gasteiger partial charge in [0.25, 0.3) is 0 Å². The number of carbonyl (C=O) groups is 1. The molecule has 1 rings (SSSR count). The molecule has 0 radical (unpaired) electrons. The van der Waals surface area contributed by atoms with Crippen LogP contribution in [0.4, 0.5) is 0 Å². The van der Waals surface area contributed by atoms with E-state index in [4.69, 9.17) is 5.11 Å². The van der Waals surface area contributed by atoms with Gasteiger partial charge in [-0.25, -0.2) is 0 Å². The summed E-state index contributed by atoms with van der Waals surface area (Å²) in [5.41, 5.74) is 0.944. The first kappa shape index (κ1) is 13.4. The minimum Gasteiger partial charge on any atom is -0.481 e. The third-order valence-corrected chi connectivity index (χ3v) is 2.23. The van der Waals surface area contributed by atoms with Crippen molar-refractivity contribution in [3.05, 3.63) is 42.0 Å². The Balaban J connectivity index is 2.41. The Labute approximate surface area is 99.8 Å². The molecule has 0 bridgehead atoms. The molecule has 0 heterocycles. The molecule has 0 saturated heterocycles. The van der Waals surface area contributed by atoms with Crippen molar-refractivity contribution < 1.29 is 20.1 Å². The molecule has 0 aromatic heterocycles. The summed E-state index contributed by atoms with van der Waals surface area (Å²) in [6, 6.07) is 9.43. The number of hydrogen-bond donors (Lipinski definition) is 3. The van der Waals surface area contributed by atoms with Crippen LogP contribution in [0.25, 0.3) is 6.08 Å². The van der Waals surface area contributed by atoms with Gasteiger partial charge in [0.2, 0.25) is 0 Å². The summed E-state index contributed by atoms with van der Waals surface area (Å²) in [7, 11) is 0. The van der Waals surface area contributed by atoms with Crippen molar-refractivity contribution in [2.45, 2.75) is 25.0 Å². The molecule has 0 unspecified atom stereocenters. The zero-order valence-corrected chi connectivity index (χ0v) is 9.36. The molecule has 0 fully saturated rings. The van der Waals surface area contributed by atoms with Gasteiger partial charge in [-0.1, -0.05) is 42.5 Å². The zero-order chi connectivity index (χ0) is 12.7. The number of carboxylic acids is 1. The number of aliphatic hydroxyl groups excluding tert-OH is 2. The molecule has 2 atom stereocenters. The van der Waals surface area contributed by atoms with Crippen molar-refractivity contribution in [1.29, 1.82) is 0 Å². The molecule has 17 heavy (non-hydrogen) atoms. The highest BCUT2D eigenvalue weighted by atomic mass is 16.4. The van der Waals surface area contributed by atoms with Gasteiger partial charge in [-0.15, -0.1) is 0 Å². The number of aliphatic carboxylic acids is 1. The van der Waals surface area contributed by atoms with Crippen molar-refractivity contribution in [2.24, 2.45) is 0 Å². The Morgan fingerprint density at radius 1 is 1.24 bits per heavy atom. The van der Waals surface area contributed by atoms with E-state index in [-0.39, 0.29) is 12.8 Å². The minimum absolute atomic E-state index is 0.0234. The first-order valence-electron chi connectivity index (χ1n) is 5.39. The summed E-state index contributed by atoms with van der Waals surface area (Å²) in [6.07, 6.45) is 1.08. The van der Waals surface area contributed by atoms with Gasteiger partial charge in [0, 0.05) is 6.42 Å². The number of carboxylic acid groups (broad SMARTS) is 1. The van der Waals surface area contributed by atoms with E-state index >= 15 is 0 Å². The van der Waals surface area contributed by atoms with E-state index in [2.05, 4.69) is 0 Å². The Hall–Kier alpha value is -1.65. The monoisotopic (exact) mass is 236 g/mol. The van der Waals surface area contributed by atoms with Crippen molar-refractivity contribution in [3.8, 4) is 0 Å². The van der Waals surface area contributed by atoms with Gasteiger partial charge in [-0.2, -0.15) is 0 Å². The van der Waals surface area contributed by atoms with Crippen LogP contribution >= 0.6 is 0 Å². The molecule has 92 valence electrons. The fourth-order valence-corrected chi connectivity index (χ4v) is 1.43. The molecule has 4 nitrogen and oxygen atoms in total. The summed E-state index contributed by atoms with van der Waals surface area (Å²) < 4.78 is 0. The van der Waals surface area contributed by atoms with Gasteiger partial charge in [0.05, 0.1) is 18.6 Å². The molecule has 0 aliphatic heterocycles. The number of rotatable bonds is 6. The molecule has 4 heteroatoms. The lowest BCUT2D eigenvalue weighted by Crippen LogP contribution is -2.19. The lowest BCUT2D eigenvalue weighted by Gasteiger charge is -2.10. The van der Waals surface area contributed by atoms with Gasteiger partial charge >= 0.3 is 5.97 Å². The standard InChI is InChI=1S/C13H16O4/c14-11(8-12(15)9-13(16)17)7-6-10-4-2-1-3-5-10/h1-7,11-12,14-15H,8-9H2,(H,16,17)/b7-6+/t11-,12-/m1/s1. The topological polar surface area (TPSA) is 77.8 Å². The third-order valence-electron chi connectivity index (χ3n) is 2.23. The molecule has 0 saturated carbocycles. The smallest absolute Gasteiger partial charge is 0.305 e. The first-order chi connectivity index (χ1) is 8.08. The Kier molecular flexibility index (Phi) is 5.39. The van der Waals surface area contributed by atoms with Crippen LogP contribution in [0.1, 0.15) is 18.4 Å². The summed E-state index contributed by atoms with van der Waals surface area (Å²) >= 11 is 0. The fourth-order valence-electron chi connectivity index (χ4n) is 1.43. The quantitative estimate of drug-likeness (QED) is 0.695. The molecule has 0 amide bonds. The summed E-state index contributed by atoms with van der Waals surface area (Å²) in [4.78, 5) is 10.3. The number of benzene rings is 1. The maximum absolute atomic E-state index is 10.3. The van der Waals surface area contributed by atoms with Crippen LogP contribution in [0.5, 0.6) is 0 Å². The van der Waals surface area contributed by atoms with E-state index in [0.717, 1.165) is 5.56 Å². The zero-order valence-electron chi connectivity index (χ0n) is 9.36. The van der Waals surface area contributed by atoms with Crippen LogP contribution in [0, 0.1) is 0 Å². The van der Waals surface area contributed by atoms with Gasteiger partial charge < -0.3 is 15.3 Å². The first-order valence-corrected chi connectivity index (χ1v) is 5.39. The van der Waals surface area contributed by atoms with E-state index in [1.807, 2.05) is 30.3 Å². The number of aliphatic hydroxyl groups is 2. The van der Waals surface area contributed by atoms with Crippen LogP contribution in [0.15, 0.2) is 36.4 Å². The minimum atomic E-state index is -1.07. The Bertz CT molecular complexity index is 372. The summed E-state index contributed by atoms with van der Waals surface area (Å²) in [5, 5.41) is 27.3. The lowest BCUT2D eigenvalue weighted by molar-refractivity contribution is -0.139. The average Bonchev–Trinajstić information content (AvgIpc) is 2.26. The average molecular weight is 236 g/mol. The molecule has 0 aliphatic carbocycles. The van der Waals surface area contributed by atoms with E-state index < -0.39 is 18.2 Å². The highest BCUT2D eigenvalue weighted by Crippen LogP contribution is 2.07. The summed E-state index contributed by atoms with van der Waals surface area (Å²) in [6.45, 7) is 0. The van der Waals surface area contributed by atoms with Crippen molar-refractivity contribution in [3.63, 3.8) is 0 Å². The van der Waals surface area contributed by atoms with Gasteiger partial charge in [-0.05, 0) is 5.56 Å². The van der Waals surface area contributed by atoms with Crippen molar-refractivity contribution >= 4 is 12.0 Å². The van der Waals surface area contributed by atoms with E-state index in [1.54, 1.807) is 12.2 Å². The maximum Gasteiger partial charge on any atom is 0.305 e. The van der Waals surface area contributed by atoms with Crippen LogP contribution in [-0.4, -0.2) is 33.5 Å². The lowest BCUT2D eigenvalue weighted by atomic mass is 10.1. The van der Waals surface area contributed by atoms with Crippen LogP contribution in [0.2, 0.25) is 0 Å². The van der Waals surface area contributed by atoms with E-state index in [9.17, 15) is 15.0 Å². The van der Waals surface area contributed by atoms with Gasteiger partial charge in [0.1, 0.15) is 0 Å². The van der Waals surface area contributed by atoms with E-state index in [0.29, 0.717) is 0 Å². The normalized spacial score (nSPS) is 14.7. The van der Waals surface area contributed by atoms with Crippen LogP contribution in [-0.2, 0) is 4.79 Å². The SMILES string of the molecule is O=C(O)C[C@H](O)C[C@H](O)/C=C/c1ccccc1. The summed E-state index contributed by atoms with van der Waals surface area (Å²) in [5.74, 6) is -1.07. The fraction of sp³-hybridized carbons (Fsp3) is 0.308. The molecule has 0 aliphatic rings. The molecule has 3 N–H and O–H groups in total. The highest BCUT2D eigenvalue weighted by molar-refractivity contribution is 5.67. The Morgan fingerprint density at radius 2 is 1.88 bits per heavy atom. The highest BCUT2D eigenvalue weighted by Gasteiger charge is 2.12. The maximum atomic E-state index is 10.3. The van der Waals surface area contributed by atoms with Crippen molar-refractivity contribution in [2.75, 3.05) is 0 Å². The predicted molar refractivity (Wildman–Crippen MR) is 64.4 cm³/mol. The van der Waals surface area contributed by atoms with Crippen molar-refractivity contribution in [1.82, 2.24) is 0 Å². The second-order valence-corrected chi connectivity index (χ2v) is 3.82. The van der Waals surface area contributed by atoms with Crippen LogP contribution < -0.4 is 0 Å². The van der Waals surface area contributed by atoms with E-state index in [1.165, 1.54) is 0 Å². The second kappa shape index (κ2) is 6.83. The van der Waals surface area contributed by atoms with Crippen LogP contribution in [0.3, 0.4) is 0 Å². The molecular formula is C13H16O4. The molecule has 1 aromatic carbocycles. The largest absolute Gasteiger partial charge is 0.481 e. The molecule has 1 aromatic rings. The second-order valence-electron chi connectivity index (χ2n) is 3.82. The van der Waals surface area contributed by atoms with Gasteiger partial charge in [-0.3, -0.25) is 4.79 Å². The molecular weight excluding hydrogens is 220 g/mol. The predicted octanol–water partition coefficient (Wildman–Crippen LogP) is 1.29. The van der Waals surface area contributed by atoms with Gasteiger partial charge in [0.15, 0.2) is 0 Å². The third kappa shape index (κ3) is 5.85.